The van der Waals surface area contributed by atoms with Crippen molar-refractivity contribution in [2.75, 3.05) is 59.4 Å². The molecule has 2 amide bonds. The van der Waals surface area contributed by atoms with E-state index in [1.54, 1.807) is 0 Å². The molecule has 12 heteroatoms. The molecule has 0 aromatic carbocycles. The van der Waals surface area contributed by atoms with Crippen LogP contribution in [0.15, 0.2) is 0 Å². The second kappa shape index (κ2) is 32.1. The molecule has 0 heterocycles. The van der Waals surface area contributed by atoms with Crippen LogP contribution in [0.4, 0.5) is 0 Å². The molecule has 0 unspecified atom stereocenters. The number of unbranched alkanes of at least 4 members (excludes halogenated alkanes) is 13. The highest BCUT2D eigenvalue weighted by atomic mass is 16.6. The lowest BCUT2D eigenvalue weighted by Crippen LogP contribution is -2.38. The fourth-order valence-corrected chi connectivity index (χ4v) is 4.34. The van der Waals surface area contributed by atoms with Crippen LogP contribution in [0, 0.1) is 0 Å². The molecule has 0 aliphatic heterocycles. The van der Waals surface area contributed by atoms with Crippen LogP contribution >= 0.6 is 0 Å². The zero-order chi connectivity index (χ0) is 32.5. The van der Waals surface area contributed by atoms with Crippen LogP contribution in [0.3, 0.4) is 0 Å². The van der Waals surface area contributed by atoms with Gasteiger partial charge in [-0.15, -0.1) is 0 Å². The second-order valence-corrected chi connectivity index (χ2v) is 11.0. The van der Waals surface area contributed by atoms with E-state index in [0.29, 0.717) is 65.6 Å². The molecule has 0 radical (unpaired) electrons. The van der Waals surface area contributed by atoms with E-state index in [1.165, 1.54) is 64.7 Å². The summed E-state index contributed by atoms with van der Waals surface area (Å²) in [5.74, 6) is -2.07. The molecular formula is C32H60N2O10. The van der Waals surface area contributed by atoms with Crippen LogP contribution in [0.5, 0.6) is 0 Å². The van der Waals surface area contributed by atoms with Crippen molar-refractivity contribution in [1.29, 1.82) is 0 Å². The van der Waals surface area contributed by atoms with Crippen molar-refractivity contribution in [1.82, 2.24) is 10.6 Å². The maximum atomic E-state index is 11.9. The summed E-state index contributed by atoms with van der Waals surface area (Å²) in [4.78, 5) is 44.6. The SMILES string of the molecule is C[C@H](NC(=O)CCOCCOCCOCCOCCNC(=O)CCCCCCCCCCCCCCCCC(=O)O)C(=O)O. The van der Waals surface area contributed by atoms with Gasteiger partial charge in [0.1, 0.15) is 6.04 Å². The van der Waals surface area contributed by atoms with Gasteiger partial charge < -0.3 is 39.8 Å². The maximum Gasteiger partial charge on any atom is 0.325 e. The summed E-state index contributed by atoms with van der Waals surface area (Å²) >= 11 is 0. The van der Waals surface area contributed by atoms with Crippen molar-refractivity contribution in [3.8, 4) is 0 Å². The lowest BCUT2D eigenvalue weighted by Gasteiger charge is -2.10. The van der Waals surface area contributed by atoms with Gasteiger partial charge in [-0.2, -0.15) is 0 Å². The molecular weight excluding hydrogens is 572 g/mol. The van der Waals surface area contributed by atoms with Crippen LogP contribution in [-0.4, -0.2) is 99.4 Å². The smallest absolute Gasteiger partial charge is 0.325 e. The van der Waals surface area contributed by atoms with Crippen LogP contribution < -0.4 is 10.6 Å². The van der Waals surface area contributed by atoms with E-state index in [2.05, 4.69) is 10.6 Å². The fraction of sp³-hybridized carbons (Fsp3) is 0.875. The third kappa shape index (κ3) is 32.6. The molecule has 4 N–H and O–H groups in total. The number of carboxylic acids is 2. The zero-order valence-electron chi connectivity index (χ0n) is 27.1. The number of carboxylic acid groups (broad SMARTS) is 2. The van der Waals surface area contributed by atoms with Gasteiger partial charge in [0.15, 0.2) is 0 Å². The number of rotatable bonds is 34. The van der Waals surface area contributed by atoms with E-state index in [9.17, 15) is 19.2 Å². The van der Waals surface area contributed by atoms with Crippen LogP contribution in [0.25, 0.3) is 0 Å². The number of hydrogen-bond acceptors (Lipinski definition) is 8. The molecule has 0 saturated heterocycles. The molecule has 1 atom stereocenters. The highest BCUT2D eigenvalue weighted by Gasteiger charge is 2.13. The van der Waals surface area contributed by atoms with Crippen molar-refractivity contribution in [3.05, 3.63) is 0 Å². The first-order valence-corrected chi connectivity index (χ1v) is 16.6. The Morgan fingerprint density at radius 2 is 0.886 bits per heavy atom. The number of carbonyl (C=O) groups excluding carboxylic acids is 2. The molecule has 0 aliphatic rings. The van der Waals surface area contributed by atoms with Gasteiger partial charge in [-0.05, 0) is 19.8 Å². The summed E-state index contributed by atoms with van der Waals surface area (Å²) in [6.07, 6.45) is 17.3. The minimum Gasteiger partial charge on any atom is -0.481 e. The van der Waals surface area contributed by atoms with Crippen molar-refractivity contribution in [2.45, 2.75) is 122 Å². The molecule has 12 nitrogen and oxygen atoms in total. The Hall–Kier alpha value is -2.28. The summed E-state index contributed by atoms with van der Waals surface area (Å²) in [6.45, 7) is 4.96. The van der Waals surface area contributed by atoms with Crippen LogP contribution in [0.1, 0.15) is 116 Å². The first kappa shape index (κ1) is 41.7. The number of aliphatic carboxylic acids is 2. The quantitative estimate of drug-likeness (QED) is 0.0742. The van der Waals surface area contributed by atoms with Gasteiger partial charge in [-0.3, -0.25) is 19.2 Å². The number of ether oxygens (including phenoxy) is 4. The van der Waals surface area contributed by atoms with E-state index >= 15 is 0 Å². The van der Waals surface area contributed by atoms with Crippen LogP contribution in [-0.2, 0) is 38.1 Å². The number of carbonyl (C=O) groups is 4. The van der Waals surface area contributed by atoms with E-state index in [0.717, 1.165) is 32.1 Å². The Labute approximate surface area is 264 Å². The van der Waals surface area contributed by atoms with Crippen molar-refractivity contribution < 1.29 is 48.3 Å². The summed E-state index contributed by atoms with van der Waals surface area (Å²) < 4.78 is 21.6. The molecule has 0 aromatic rings. The maximum absolute atomic E-state index is 11.9. The minimum absolute atomic E-state index is 0.0731. The first-order chi connectivity index (χ1) is 21.3. The van der Waals surface area contributed by atoms with E-state index in [4.69, 9.17) is 29.2 Å². The Balaban J connectivity index is 3.23. The summed E-state index contributed by atoms with van der Waals surface area (Å²) in [6, 6.07) is -0.919. The van der Waals surface area contributed by atoms with Crippen molar-refractivity contribution >= 4 is 23.8 Å². The van der Waals surface area contributed by atoms with Crippen molar-refractivity contribution in [2.24, 2.45) is 0 Å². The van der Waals surface area contributed by atoms with E-state index in [-0.39, 0.29) is 24.8 Å². The zero-order valence-corrected chi connectivity index (χ0v) is 27.1. The fourth-order valence-electron chi connectivity index (χ4n) is 4.34. The predicted octanol–water partition coefficient (Wildman–Crippen LogP) is 4.47. The monoisotopic (exact) mass is 632 g/mol. The van der Waals surface area contributed by atoms with E-state index < -0.39 is 18.0 Å². The Morgan fingerprint density at radius 3 is 1.32 bits per heavy atom. The minimum atomic E-state index is -1.08. The Bertz CT molecular complexity index is 723. The lowest BCUT2D eigenvalue weighted by atomic mass is 10.0. The Kier molecular flexibility index (Phi) is 30.5. The first-order valence-electron chi connectivity index (χ1n) is 16.6. The number of hydrogen-bond donors (Lipinski definition) is 4. The standard InChI is InChI=1S/C32H60N2O10/c1-28(32(39)40)34-30(36)18-20-41-22-24-43-26-27-44-25-23-42-21-19-33-29(35)16-14-12-10-8-6-4-2-3-5-7-9-11-13-15-17-31(37)38/h28H,2-27H2,1H3,(H,33,35)(H,34,36)(H,37,38)(H,39,40)/t28-/m0/s1. The summed E-state index contributed by atoms with van der Waals surface area (Å²) in [5, 5.41) is 22.6. The Morgan fingerprint density at radius 1 is 0.500 bits per heavy atom. The highest BCUT2D eigenvalue weighted by Crippen LogP contribution is 2.13. The molecule has 0 saturated carbocycles. The van der Waals surface area contributed by atoms with Crippen LogP contribution in [0.2, 0.25) is 0 Å². The van der Waals surface area contributed by atoms with Gasteiger partial charge in [-0.25, -0.2) is 0 Å². The molecule has 0 bridgehead atoms. The largest absolute Gasteiger partial charge is 0.481 e. The molecule has 0 aromatic heterocycles. The molecule has 258 valence electrons. The topological polar surface area (TPSA) is 170 Å². The van der Waals surface area contributed by atoms with Gasteiger partial charge in [0.2, 0.25) is 11.8 Å². The van der Waals surface area contributed by atoms with Gasteiger partial charge in [-0.1, -0.05) is 77.0 Å². The normalized spacial score (nSPS) is 11.8. The average Bonchev–Trinajstić information content (AvgIpc) is 2.98. The number of amides is 2. The molecule has 0 aliphatic carbocycles. The second-order valence-electron chi connectivity index (χ2n) is 11.0. The van der Waals surface area contributed by atoms with Gasteiger partial charge >= 0.3 is 11.9 Å². The summed E-state index contributed by atoms with van der Waals surface area (Å²) in [7, 11) is 0. The van der Waals surface area contributed by atoms with Gasteiger partial charge in [0.05, 0.1) is 52.9 Å². The van der Waals surface area contributed by atoms with Crippen molar-refractivity contribution in [3.63, 3.8) is 0 Å². The lowest BCUT2D eigenvalue weighted by molar-refractivity contribution is -0.141. The average molecular weight is 633 g/mol. The highest BCUT2D eigenvalue weighted by molar-refractivity contribution is 5.83. The van der Waals surface area contributed by atoms with E-state index in [1.807, 2.05) is 0 Å². The molecule has 44 heavy (non-hydrogen) atoms. The molecule has 0 fully saturated rings. The van der Waals surface area contributed by atoms with Gasteiger partial charge in [0.25, 0.3) is 0 Å². The molecule has 0 rings (SSSR count). The third-order valence-corrected chi connectivity index (χ3v) is 6.95. The number of nitrogens with one attached hydrogen (secondary N) is 2. The molecule has 0 spiro atoms. The van der Waals surface area contributed by atoms with Gasteiger partial charge in [0, 0.05) is 25.8 Å². The third-order valence-electron chi connectivity index (χ3n) is 6.95. The predicted molar refractivity (Wildman–Crippen MR) is 168 cm³/mol. The summed E-state index contributed by atoms with van der Waals surface area (Å²) in [5.41, 5.74) is 0.